The van der Waals surface area contributed by atoms with Gasteiger partial charge in [-0.15, -0.1) is 11.6 Å². The van der Waals surface area contributed by atoms with Gasteiger partial charge in [0.15, 0.2) is 0 Å². The first-order valence-corrected chi connectivity index (χ1v) is 7.69. The summed E-state index contributed by atoms with van der Waals surface area (Å²) >= 11 is 6.73. The maximum absolute atomic E-state index is 6.73. The van der Waals surface area contributed by atoms with Gasteiger partial charge in [0.2, 0.25) is 0 Å². The molecule has 0 saturated heterocycles. The van der Waals surface area contributed by atoms with E-state index < -0.39 is 0 Å². The first kappa shape index (κ1) is 10.6. The van der Waals surface area contributed by atoms with Gasteiger partial charge in [0.1, 0.15) is 0 Å². The summed E-state index contributed by atoms with van der Waals surface area (Å²) in [6.45, 7) is 0. The van der Waals surface area contributed by atoms with Crippen LogP contribution in [0.1, 0.15) is 42.5 Å². The van der Waals surface area contributed by atoms with Crippen molar-refractivity contribution >= 4 is 22.6 Å². The molecule has 3 aliphatic rings. The van der Waals surface area contributed by atoms with E-state index in [9.17, 15) is 0 Å². The first-order valence-electron chi connectivity index (χ1n) is 7.25. The maximum Gasteiger partial charge on any atom is 0.0890 e. The van der Waals surface area contributed by atoms with Crippen molar-refractivity contribution in [3.05, 3.63) is 35.7 Å². The van der Waals surface area contributed by atoms with Crippen molar-refractivity contribution in [2.45, 2.75) is 36.5 Å². The predicted octanol–water partition coefficient (Wildman–Crippen LogP) is 3.85. The Morgan fingerprint density at radius 1 is 0.895 bits per heavy atom. The van der Waals surface area contributed by atoms with Crippen LogP contribution >= 0.6 is 11.6 Å². The van der Waals surface area contributed by atoms with Crippen LogP contribution in [0.2, 0.25) is 0 Å². The number of benzene rings is 1. The number of nitrogens with zero attached hydrogens (tertiary/aromatic N) is 2. The Labute approximate surface area is 117 Å². The third-order valence-electron chi connectivity index (χ3n) is 5.49. The molecule has 5 rings (SSSR count). The van der Waals surface area contributed by atoms with Gasteiger partial charge in [0, 0.05) is 11.8 Å². The minimum absolute atomic E-state index is 0.238. The minimum Gasteiger partial charge on any atom is -0.249 e. The molecule has 0 aliphatic heterocycles. The van der Waals surface area contributed by atoms with E-state index in [-0.39, 0.29) is 5.38 Å². The predicted molar refractivity (Wildman–Crippen MR) is 75.5 cm³/mol. The Balaban J connectivity index is 1.78. The van der Waals surface area contributed by atoms with Crippen molar-refractivity contribution in [3.8, 4) is 0 Å². The van der Waals surface area contributed by atoms with Crippen LogP contribution in [0.5, 0.6) is 0 Å². The van der Waals surface area contributed by atoms with E-state index >= 15 is 0 Å². The molecule has 3 aliphatic carbocycles. The summed E-state index contributed by atoms with van der Waals surface area (Å²) in [5.41, 5.74) is 4.47. The Kier molecular flexibility index (Phi) is 1.95. The number of fused-ring (bicyclic) bond motifs is 9. The van der Waals surface area contributed by atoms with E-state index in [2.05, 4.69) is 12.1 Å². The highest BCUT2D eigenvalue weighted by Gasteiger charge is 2.59. The molecular weight excluding hydrogens is 256 g/mol. The fraction of sp³-hybridized carbons (Fsp3) is 0.500. The molecule has 0 radical (unpaired) electrons. The summed E-state index contributed by atoms with van der Waals surface area (Å²) in [6, 6.07) is 8.19. The van der Waals surface area contributed by atoms with E-state index in [1.165, 1.54) is 30.7 Å². The molecule has 1 heterocycles. The SMILES string of the molecule is ClC1[C@H]2c3nc4ccccc4nc3[C@@H]1[C@H]1CCC[C@H]12. The van der Waals surface area contributed by atoms with Crippen molar-refractivity contribution in [1.82, 2.24) is 9.97 Å². The van der Waals surface area contributed by atoms with Gasteiger partial charge in [0.05, 0.1) is 27.8 Å². The van der Waals surface area contributed by atoms with Gasteiger partial charge in [-0.05, 0) is 36.8 Å². The van der Waals surface area contributed by atoms with Crippen LogP contribution in [0.3, 0.4) is 0 Å². The monoisotopic (exact) mass is 270 g/mol. The normalized spacial score (nSPS) is 38.7. The highest BCUT2D eigenvalue weighted by atomic mass is 35.5. The number of halogens is 1. The highest BCUT2D eigenvalue weighted by Crippen LogP contribution is 2.65. The van der Waals surface area contributed by atoms with Gasteiger partial charge in [-0.1, -0.05) is 18.6 Å². The van der Waals surface area contributed by atoms with E-state index in [1.807, 2.05) is 12.1 Å². The third-order valence-corrected chi connectivity index (χ3v) is 6.03. The molecular formula is C16H15ClN2. The fourth-order valence-corrected chi connectivity index (χ4v) is 5.44. The number of hydrogen-bond acceptors (Lipinski definition) is 2. The topological polar surface area (TPSA) is 25.8 Å². The van der Waals surface area contributed by atoms with E-state index in [1.54, 1.807) is 0 Å². The van der Waals surface area contributed by atoms with Crippen LogP contribution in [0.15, 0.2) is 24.3 Å². The molecule has 2 saturated carbocycles. The lowest BCUT2D eigenvalue weighted by Crippen LogP contribution is -2.19. The van der Waals surface area contributed by atoms with Crippen LogP contribution < -0.4 is 0 Å². The number of alkyl halides is 1. The summed E-state index contributed by atoms with van der Waals surface area (Å²) in [7, 11) is 0. The number of aromatic nitrogens is 2. The van der Waals surface area contributed by atoms with Crippen LogP contribution in [0, 0.1) is 11.8 Å². The first-order chi connectivity index (χ1) is 9.34. The minimum atomic E-state index is 0.238. The van der Waals surface area contributed by atoms with Crippen molar-refractivity contribution in [2.24, 2.45) is 11.8 Å². The fourth-order valence-electron chi connectivity index (χ4n) is 4.83. The molecule has 2 bridgehead atoms. The van der Waals surface area contributed by atoms with Crippen LogP contribution in [0.4, 0.5) is 0 Å². The lowest BCUT2D eigenvalue weighted by atomic mass is 9.82. The number of rotatable bonds is 0. The smallest absolute Gasteiger partial charge is 0.0890 e. The molecule has 19 heavy (non-hydrogen) atoms. The van der Waals surface area contributed by atoms with Crippen LogP contribution in [0.25, 0.3) is 11.0 Å². The quantitative estimate of drug-likeness (QED) is 0.680. The van der Waals surface area contributed by atoms with E-state index in [0.717, 1.165) is 22.9 Å². The molecule has 1 aromatic heterocycles. The average molecular weight is 271 g/mol. The van der Waals surface area contributed by atoms with Gasteiger partial charge < -0.3 is 0 Å². The molecule has 1 unspecified atom stereocenters. The summed E-state index contributed by atoms with van der Waals surface area (Å²) in [5.74, 6) is 2.48. The average Bonchev–Trinajstić information content (AvgIpc) is 3.05. The molecule has 2 aromatic rings. The molecule has 0 spiro atoms. The molecule has 96 valence electrons. The highest BCUT2D eigenvalue weighted by molar-refractivity contribution is 6.22. The zero-order chi connectivity index (χ0) is 12.6. The summed E-state index contributed by atoms with van der Waals surface area (Å²) in [6.07, 6.45) is 4.03. The standard InChI is InChI=1S/C16H15ClN2/c17-14-12-8-4-3-5-9(8)13(14)16-15(12)18-10-6-1-2-7-11(10)19-16/h1-2,6-9,12-14H,3-5H2/t8-,9+,12+,13-,14?. The van der Waals surface area contributed by atoms with Gasteiger partial charge in [0.25, 0.3) is 0 Å². The van der Waals surface area contributed by atoms with Crippen molar-refractivity contribution < 1.29 is 0 Å². The summed E-state index contributed by atoms with van der Waals surface area (Å²) < 4.78 is 0. The Hall–Kier alpha value is -1.15. The second-order valence-electron chi connectivity index (χ2n) is 6.24. The molecule has 1 aromatic carbocycles. The molecule has 5 atom stereocenters. The molecule has 2 nitrogen and oxygen atoms in total. The lowest BCUT2D eigenvalue weighted by Gasteiger charge is -2.25. The third kappa shape index (κ3) is 1.19. The second kappa shape index (κ2) is 3.49. The van der Waals surface area contributed by atoms with Crippen LogP contribution in [-0.2, 0) is 0 Å². The van der Waals surface area contributed by atoms with Crippen molar-refractivity contribution in [2.75, 3.05) is 0 Å². The van der Waals surface area contributed by atoms with E-state index in [4.69, 9.17) is 21.6 Å². The molecule has 0 amide bonds. The zero-order valence-corrected chi connectivity index (χ0v) is 11.3. The maximum atomic E-state index is 6.73. The van der Waals surface area contributed by atoms with Gasteiger partial charge in [-0.25, -0.2) is 9.97 Å². The Morgan fingerprint density at radius 2 is 1.42 bits per heavy atom. The van der Waals surface area contributed by atoms with E-state index in [0.29, 0.717) is 11.8 Å². The Morgan fingerprint density at radius 3 is 1.95 bits per heavy atom. The summed E-state index contributed by atoms with van der Waals surface area (Å²) in [5, 5.41) is 0.238. The number of hydrogen-bond donors (Lipinski definition) is 0. The molecule has 2 fully saturated rings. The van der Waals surface area contributed by atoms with Crippen molar-refractivity contribution in [1.29, 1.82) is 0 Å². The van der Waals surface area contributed by atoms with Crippen LogP contribution in [-0.4, -0.2) is 15.3 Å². The van der Waals surface area contributed by atoms with Crippen molar-refractivity contribution in [3.63, 3.8) is 0 Å². The van der Waals surface area contributed by atoms with Gasteiger partial charge >= 0.3 is 0 Å². The second-order valence-corrected chi connectivity index (χ2v) is 6.74. The molecule has 3 heteroatoms. The largest absolute Gasteiger partial charge is 0.249 e. The summed E-state index contributed by atoms with van der Waals surface area (Å²) in [4.78, 5) is 9.80. The molecule has 0 N–H and O–H groups in total. The van der Waals surface area contributed by atoms with Gasteiger partial charge in [-0.2, -0.15) is 0 Å². The Bertz CT molecular complexity index is 627. The zero-order valence-electron chi connectivity index (χ0n) is 10.6. The van der Waals surface area contributed by atoms with Gasteiger partial charge in [-0.3, -0.25) is 0 Å². The number of para-hydroxylation sites is 2. The lowest BCUT2D eigenvalue weighted by molar-refractivity contribution is 0.372.